The molecule has 0 aliphatic carbocycles. The van der Waals surface area contributed by atoms with Gasteiger partial charge in [-0.05, 0) is 47.9 Å². The van der Waals surface area contributed by atoms with E-state index in [1.807, 2.05) is 30.3 Å². The molecule has 2 aliphatic rings. The highest BCUT2D eigenvalue weighted by molar-refractivity contribution is 5.96. The first-order chi connectivity index (χ1) is 18.8. The molecule has 0 spiro atoms. The minimum Gasteiger partial charge on any atom is -0.497 e. The Morgan fingerprint density at radius 1 is 0.897 bits per heavy atom. The van der Waals surface area contributed by atoms with Gasteiger partial charge in [0.25, 0.3) is 11.7 Å². The second kappa shape index (κ2) is 10.3. The molecule has 9 nitrogen and oxygen atoms in total. The van der Waals surface area contributed by atoms with Crippen molar-refractivity contribution in [3.8, 4) is 11.5 Å². The quantitative estimate of drug-likeness (QED) is 0.346. The topological polar surface area (TPSA) is 104 Å². The fourth-order valence-corrected chi connectivity index (χ4v) is 5.46. The summed E-state index contributed by atoms with van der Waals surface area (Å²) in [6.45, 7) is 1.77. The summed E-state index contributed by atoms with van der Waals surface area (Å²) in [5.74, 6) is -2.84. The van der Waals surface area contributed by atoms with Crippen LogP contribution in [0.2, 0.25) is 0 Å². The Kier molecular flexibility index (Phi) is 7.07. The lowest BCUT2D eigenvalue weighted by atomic mass is 9.67. The molecule has 3 aromatic carbocycles. The molecule has 0 aromatic heterocycles. The van der Waals surface area contributed by atoms with Crippen molar-refractivity contribution in [2.24, 2.45) is 5.41 Å². The van der Waals surface area contributed by atoms with Crippen LogP contribution in [0.25, 0.3) is 0 Å². The van der Waals surface area contributed by atoms with Crippen LogP contribution in [0.1, 0.15) is 30.0 Å². The molecule has 0 bridgehead atoms. The number of benzene rings is 3. The van der Waals surface area contributed by atoms with Crippen LogP contribution < -0.4 is 9.47 Å². The SMILES string of the molecule is CCOC(=O)C12CN(Cc3ccccc3)C(=O)C1(O)OOC(c1ccc(OC)cc1)(c1ccc(OC)cc1)C2. The van der Waals surface area contributed by atoms with Gasteiger partial charge in [0.15, 0.2) is 11.0 Å². The van der Waals surface area contributed by atoms with Gasteiger partial charge in [-0.1, -0.05) is 54.6 Å². The third-order valence-electron chi connectivity index (χ3n) is 7.54. The van der Waals surface area contributed by atoms with Crippen LogP contribution in [0.4, 0.5) is 0 Å². The van der Waals surface area contributed by atoms with E-state index in [-0.39, 0.29) is 26.1 Å². The average Bonchev–Trinajstić information content (AvgIpc) is 3.20. The van der Waals surface area contributed by atoms with Crippen molar-refractivity contribution in [3.63, 3.8) is 0 Å². The maximum Gasteiger partial charge on any atom is 0.320 e. The number of ether oxygens (including phenoxy) is 3. The summed E-state index contributed by atoms with van der Waals surface area (Å²) in [7, 11) is 3.13. The van der Waals surface area contributed by atoms with E-state index >= 15 is 0 Å². The lowest BCUT2D eigenvalue weighted by Crippen LogP contribution is -2.64. The lowest BCUT2D eigenvalue weighted by molar-refractivity contribution is -0.488. The van der Waals surface area contributed by atoms with E-state index in [9.17, 15) is 14.7 Å². The van der Waals surface area contributed by atoms with Crippen LogP contribution in [0.5, 0.6) is 11.5 Å². The summed E-state index contributed by atoms with van der Waals surface area (Å²) < 4.78 is 16.1. The van der Waals surface area contributed by atoms with Gasteiger partial charge in [0.2, 0.25) is 0 Å². The maximum atomic E-state index is 13.8. The fraction of sp³-hybridized carbons (Fsp3) is 0.333. The van der Waals surface area contributed by atoms with Crippen LogP contribution in [0.3, 0.4) is 0 Å². The van der Waals surface area contributed by atoms with Crippen molar-refractivity contribution in [2.75, 3.05) is 27.4 Å². The third-order valence-corrected chi connectivity index (χ3v) is 7.54. The number of aliphatic hydroxyl groups is 1. The van der Waals surface area contributed by atoms with Crippen LogP contribution in [0.15, 0.2) is 78.9 Å². The molecule has 2 saturated heterocycles. The molecule has 1 amide bonds. The smallest absolute Gasteiger partial charge is 0.320 e. The standard InChI is InChI=1S/C30H31NO8/c1-4-37-27(33)28-19-29(22-10-14-24(35-2)15-11-22,23-12-16-25(36-3)17-13-23)38-39-30(28,34)26(32)31(20-28)18-21-8-6-5-7-9-21/h5-17,34H,4,18-20H2,1-3H3. The summed E-state index contributed by atoms with van der Waals surface area (Å²) in [6.07, 6.45) is -0.134. The third kappa shape index (κ3) is 4.32. The number of esters is 1. The number of methoxy groups -OCH3 is 2. The average molecular weight is 534 g/mol. The predicted molar refractivity (Wildman–Crippen MR) is 139 cm³/mol. The number of rotatable bonds is 8. The van der Waals surface area contributed by atoms with Crippen molar-refractivity contribution in [2.45, 2.75) is 31.3 Å². The number of carbonyl (C=O) groups excluding carboxylic acids is 2. The Balaban J connectivity index is 1.65. The molecule has 0 radical (unpaired) electrons. The van der Waals surface area contributed by atoms with Crippen LogP contribution in [-0.4, -0.2) is 55.0 Å². The highest BCUT2D eigenvalue weighted by Crippen LogP contribution is 2.57. The van der Waals surface area contributed by atoms with E-state index < -0.39 is 28.7 Å². The molecule has 2 heterocycles. The molecule has 204 valence electrons. The maximum absolute atomic E-state index is 13.8. The van der Waals surface area contributed by atoms with Gasteiger partial charge in [0.1, 0.15) is 11.5 Å². The largest absolute Gasteiger partial charge is 0.497 e. The van der Waals surface area contributed by atoms with E-state index in [1.165, 1.54) is 4.90 Å². The molecule has 9 heteroatoms. The first-order valence-electron chi connectivity index (χ1n) is 12.7. The summed E-state index contributed by atoms with van der Waals surface area (Å²) in [4.78, 5) is 40.6. The second-order valence-electron chi connectivity index (χ2n) is 9.72. The number of likely N-dealkylation sites (tertiary alicyclic amines) is 1. The normalized spacial score (nSPS) is 23.7. The Labute approximate surface area is 226 Å². The number of nitrogens with zero attached hydrogens (tertiary/aromatic N) is 1. The Morgan fingerprint density at radius 2 is 1.46 bits per heavy atom. The number of amides is 1. The molecule has 5 rings (SSSR count). The van der Waals surface area contributed by atoms with E-state index in [4.69, 9.17) is 24.0 Å². The van der Waals surface area contributed by atoms with E-state index in [2.05, 4.69) is 0 Å². The van der Waals surface area contributed by atoms with Crippen molar-refractivity contribution in [1.29, 1.82) is 0 Å². The summed E-state index contributed by atoms with van der Waals surface area (Å²) >= 11 is 0. The van der Waals surface area contributed by atoms with E-state index in [0.29, 0.717) is 22.6 Å². The first kappa shape index (κ1) is 26.7. The minimum absolute atomic E-state index is 0.0580. The molecule has 2 unspecified atom stereocenters. The molecule has 2 atom stereocenters. The monoisotopic (exact) mass is 533 g/mol. The number of fused-ring (bicyclic) bond motifs is 1. The highest BCUT2D eigenvalue weighted by atomic mass is 17.2. The van der Waals surface area contributed by atoms with Crippen molar-refractivity contribution >= 4 is 11.9 Å². The lowest BCUT2D eigenvalue weighted by Gasteiger charge is -2.48. The number of carbonyl (C=O) groups is 2. The van der Waals surface area contributed by atoms with Gasteiger partial charge in [0.05, 0.1) is 20.8 Å². The minimum atomic E-state index is -2.59. The van der Waals surface area contributed by atoms with Gasteiger partial charge in [-0.25, -0.2) is 4.89 Å². The molecule has 2 fully saturated rings. The number of hydrogen-bond donors (Lipinski definition) is 1. The highest BCUT2D eigenvalue weighted by Gasteiger charge is 2.75. The van der Waals surface area contributed by atoms with Gasteiger partial charge in [-0.2, -0.15) is 4.89 Å². The zero-order valence-electron chi connectivity index (χ0n) is 22.1. The predicted octanol–water partition coefficient (Wildman–Crippen LogP) is 3.58. The van der Waals surface area contributed by atoms with Gasteiger partial charge in [-0.3, -0.25) is 9.59 Å². The van der Waals surface area contributed by atoms with Gasteiger partial charge >= 0.3 is 5.97 Å². The van der Waals surface area contributed by atoms with Crippen molar-refractivity contribution < 1.29 is 38.7 Å². The van der Waals surface area contributed by atoms with Crippen LogP contribution in [0, 0.1) is 5.41 Å². The first-order valence-corrected chi connectivity index (χ1v) is 12.7. The van der Waals surface area contributed by atoms with Gasteiger partial charge < -0.3 is 24.2 Å². The van der Waals surface area contributed by atoms with E-state index in [1.54, 1.807) is 69.7 Å². The van der Waals surface area contributed by atoms with Gasteiger partial charge in [-0.15, -0.1) is 0 Å². The van der Waals surface area contributed by atoms with Crippen molar-refractivity contribution in [3.05, 3.63) is 95.6 Å². The van der Waals surface area contributed by atoms with Crippen LogP contribution >= 0.6 is 0 Å². The van der Waals surface area contributed by atoms with Crippen LogP contribution in [-0.2, 0) is 36.2 Å². The Bertz CT molecular complexity index is 1280. The molecule has 3 aromatic rings. The molecule has 0 saturated carbocycles. The summed E-state index contributed by atoms with van der Waals surface area (Å²) in [5.41, 5.74) is -1.08. The molecular formula is C30H31NO8. The zero-order chi connectivity index (χ0) is 27.7. The summed E-state index contributed by atoms with van der Waals surface area (Å²) in [5, 5.41) is 11.8. The Morgan fingerprint density at radius 3 is 1.97 bits per heavy atom. The van der Waals surface area contributed by atoms with Crippen molar-refractivity contribution in [1.82, 2.24) is 4.90 Å². The molecule has 39 heavy (non-hydrogen) atoms. The van der Waals surface area contributed by atoms with E-state index in [0.717, 1.165) is 5.56 Å². The number of hydrogen-bond acceptors (Lipinski definition) is 8. The fourth-order valence-electron chi connectivity index (χ4n) is 5.46. The molecule has 2 aliphatic heterocycles. The zero-order valence-corrected chi connectivity index (χ0v) is 22.1. The Hall–Kier alpha value is -3.92. The van der Waals surface area contributed by atoms with Gasteiger partial charge in [0, 0.05) is 19.5 Å². The molecular weight excluding hydrogens is 502 g/mol. The molecule has 1 N–H and O–H groups in total. The second-order valence-corrected chi connectivity index (χ2v) is 9.72. The summed E-state index contributed by atoms with van der Waals surface area (Å²) in [6, 6.07) is 23.6.